The van der Waals surface area contributed by atoms with E-state index in [1.54, 1.807) is 0 Å². The quantitative estimate of drug-likeness (QED) is 0.784. The van der Waals surface area contributed by atoms with Gasteiger partial charge in [-0.3, -0.25) is 0 Å². The van der Waals surface area contributed by atoms with Gasteiger partial charge in [-0.15, -0.1) is 0 Å². The number of aromatic nitrogens is 1. The Morgan fingerprint density at radius 3 is 2.50 bits per heavy atom. The molecule has 0 bridgehead atoms. The van der Waals surface area contributed by atoms with E-state index in [4.69, 9.17) is 0 Å². The second kappa shape index (κ2) is 5.78. The van der Waals surface area contributed by atoms with Crippen LogP contribution in [0.3, 0.4) is 0 Å². The third-order valence-electron chi connectivity index (χ3n) is 4.27. The molecule has 3 aromatic rings. The maximum atomic E-state index is 4.66. The molecule has 1 fully saturated rings. The lowest BCUT2D eigenvalue weighted by Crippen LogP contribution is -2.43. The van der Waals surface area contributed by atoms with Crippen LogP contribution in [-0.4, -0.2) is 31.2 Å². The van der Waals surface area contributed by atoms with E-state index in [0.717, 1.165) is 32.0 Å². The van der Waals surface area contributed by atoms with Gasteiger partial charge in [0.1, 0.15) is 5.82 Å². The second-order valence-corrected chi connectivity index (χ2v) is 5.67. The van der Waals surface area contributed by atoms with Crippen LogP contribution in [0, 0.1) is 0 Å². The number of hydrogen-bond donors (Lipinski definition) is 1. The highest BCUT2D eigenvalue weighted by atomic mass is 15.2. The van der Waals surface area contributed by atoms with Crippen LogP contribution in [-0.2, 0) is 0 Å². The van der Waals surface area contributed by atoms with Crippen molar-refractivity contribution in [3.8, 4) is 11.1 Å². The monoisotopic (exact) mass is 289 g/mol. The smallest absolute Gasteiger partial charge is 0.136 e. The lowest BCUT2D eigenvalue weighted by molar-refractivity contribution is 0.586. The minimum Gasteiger partial charge on any atom is -0.354 e. The molecule has 0 unspecified atom stereocenters. The van der Waals surface area contributed by atoms with Gasteiger partial charge >= 0.3 is 0 Å². The maximum absolute atomic E-state index is 4.66. The average Bonchev–Trinajstić information content (AvgIpc) is 2.62. The number of pyridine rings is 1. The van der Waals surface area contributed by atoms with Crippen LogP contribution < -0.4 is 10.2 Å². The van der Waals surface area contributed by atoms with Crippen LogP contribution in [0.1, 0.15) is 0 Å². The highest BCUT2D eigenvalue weighted by molar-refractivity contribution is 5.95. The van der Waals surface area contributed by atoms with Crippen LogP contribution in [0.4, 0.5) is 5.82 Å². The summed E-state index contributed by atoms with van der Waals surface area (Å²) >= 11 is 0. The van der Waals surface area contributed by atoms with Crippen molar-refractivity contribution in [3.05, 3.63) is 60.8 Å². The Labute approximate surface area is 130 Å². The van der Waals surface area contributed by atoms with Crippen molar-refractivity contribution in [3.63, 3.8) is 0 Å². The van der Waals surface area contributed by atoms with Gasteiger partial charge in [-0.1, -0.05) is 42.5 Å². The third kappa shape index (κ3) is 2.44. The Hall–Kier alpha value is -2.39. The Morgan fingerprint density at radius 1 is 0.864 bits per heavy atom. The Balaban J connectivity index is 1.83. The lowest BCUT2D eigenvalue weighted by Gasteiger charge is -2.29. The van der Waals surface area contributed by atoms with Crippen molar-refractivity contribution < 1.29 is 0 Å². The van der Waals surface area contributed by atoms with Crippen LogP contribution in [0.5, 0.6) is 0 Å². The topological polar surface area (TPSA) is 28.2 Å². The third-order valence-corrected chi connectivity index (χ3v) is 4.27. The molecule has 0 aliphatic carbocycles. The van der Waals surface area contributed by atoms with Crippen molar-refractivity contribution in [2.24, 2.45) is 0 Å². The summed E-state index contributed by atoms with van der Waals surface area (Å²) in [6, 6.07) is 19.3. The largest absolute Gasteiger partial charge is 0.354 e. The molecular weight excluding hydrogens is 270 g/mol. The zero-order valence-corrected chi connectivity index (χ0v) is 12.5. The molecule has 2 heterocycles. The van der Waals surface area contributed by atoms with Crippen LogP contribution >= 0.6 is 0 Å². The summed E-state index contributed by atoms with van der Waals surface area (Å²) in [6.45, 7) is 4.08. The van der Waals surface area contributed by atoms with Gasteiger partial charge in [0.05, 0.1) is 0 Å². The first-order valence-electron chi connectivity index (χ1n) is 7.82. The van der Waals surface area contributed by atoms with Gasteiger partial charge in [0, 0.05) is 37.8 Å². The molecule has 0 radical (unpaired) electrons. The Bertz CT molecular complexity index is 777. The highest BCUT2D eigenvalue weighted by Gasteiger charge is 2.14. The van der Waals surface area contributed by atoms with Gasteiger partial charge in [0.2, 0.25) is 0 Å². The summed E-state index contributed by atoms with van der Waals surface area (Å²) in [4.78, 5) is 7.05. The van der Waals surface area contributed by atoms with Gasteiger partial charge < -0.3 is 10.2 Å². The van der Waals surface area contributed by atoms with E-state index in [-0.39, 0.29) is 0 Å². The van der Waals surface area contributed by atoms with Gasteiger partial charge in [-0.25, -0.2) is 4.98 Å². The average molecular weight is 289 g/mol. The minimum atomic E-state index is 1.02. The van der Waals surface area contributed by atoms with E-state index < -0.39 is 0 Å². The van der Waals surface area contributed by atoms with Crippen molar-refractivity contribution in [2.45, 2.75) is 0 Å². The van der Waals surface area contributed by atoms with Crippen molar-refractivity contribution >= 4 is 16.6 Å². The van der Waals surface area contributed by atoms with Crippen molar-refractivity contribution in [1.82, 2.24) is 10.3 Å². The molecular formula is C19H19N3. The zero-order valence-electron chi connectivity index (χ0n) is 12.5. The van der Waals surface area contributed by atoms with Crippen LogP contribution in [0.2, 0.25) is 0 Å². The highest BCUT2D eigenvalue weighted by Crippen LogP contribution is 2.29. The normalized spacial score (nSPS) is 15.2. The van der Waals surface area contributed by atoms with Gasteiger partial charge in [-0.05, 0) is 28.6 Å². The summed E-state index contributed by atoms with van der Waals surface area (Å²) in [5, 5.41) is 5.89. The van der Waals surface area contributed by atoms with Gasteiger partial charge in [0.25, 0.3) is 0 Å². The molecule has 110 valence electrons. The van der Waals surface area contributed by atoms with Gasteiger partial charge in [-0.2, -0.15) is 0 Å². The predicted octanol–water partition coefficient (Wildman–Crippen LogP) is 3.31. The van der Waals surface area contributed by atoms with E-state index in [1.807, 2.05) is 6.20 Å². The number of fused-ring (bicyclic) bond motifs is 1. The fourth-order valence-corrected chi connectivity index (χ4v) is 3.09. The molecule has 1 aliphatic heterocycles. The number of piperazine rings is 1. The molecule has 0 atom stereocenters. The van der Waals surface area contributed by atoms with Crippen molar-refractivity contribution in [1.29, 1.82) is 0 Å². The molecule has 1 saturated heterocycles. The number of nitrogens with one attached hydrogen (secondary N) is 1. The Kier molecular flexibility index (Phi) is 3.49. The van der Waals surface area contributed by atoms with E-state index >= 15 is 0 Å². The molecule has 0 spiro atoms. The number of rotatable bonds is 2. The SMILES string of the molecule is c1ccc(-c2ccc3ccnc(N4CCNCC4)c3c2)cc1. The first-order valence-corrected chi connectivity index (χ1v) is 7.82. The second-order valence-electron chi connectivity index (χ2n) is 5.67. The zero-order chi connectivity index (χ0) is 14.8. The molecule has 2 aromatic carbocycles. The number of anilines is 1. The fourth-order valence-electron chi connectivity index (χ4n) is 3.09. The maximum Gasteiger partial charge on any atom is 0.136 e. The molecule has 0 amide bonds. The minimum absolute atomic E-state index is 1.02. The summed E-state index contributed by atoms with van der Waals surface area (Å²) in [7, 11) is 0. The molecule has 22 heavy (non-hydrogen) atoms. The number of benzene rings is 2. The molecule has 3 heteroatoms. The molecule has 4 rings (SSSR count). The first kappa shape index (κ1) is 13.3. The standard InChI is InChI=1S/C19H19N3/c1-2-4-15(5-3-1)17-7-6-16-8-9-21-19(18(16)14-17)22-12-10-20-11-13-22/h1-9,14,20H,10-13H2. The molecule has 0 saturated carbocycles. The van der Waals surface area contributed by atoms with Crippen molar-refractivity contribution in [2.75, 3.05) is 31.1 Å². The van der Waals surface area contributed by atoms with E-state index in [0.29, 0.717) is 0 Å². The number of nitrogens with zero attached hydrogens (tertiary/aromatic N) is 2. The summed E-state index contributed by atoms with van der Waals surface area (Å²) in [5.74, 6) is 1.11. The van der Waals surface area contributed by atoms with Crippen LogP contribution in [0.25, 0.3) is 21.9 Å². The predicted molar refractivity (Wildman–Crippen MR) is 92.3 cm³/mol. The molecule has 3 nitrogen and oxygen atoms in total. The molecule has 1 aromatic heterocycles. The van der Waals surface area contributed by atoms with E-state index in [9.17, 15) is 0 Å². The first-order chi connectivity index (χ1) is 10.9. The molecule has 1 aliphatic rings. The van der Waals surface area contributed by atoms with Crippen LogP contribution in [0.15, 0.2) is 60.8 Å². The number of hydrogen-bond acceptors (Lipinski definition) is 3. The fraction of sp³-hybridized carbons (Fsp3) is 0.211. The lowest BCUT2D eigenvalue weighted by atomic mass is 10.0. The Morgan fingerprint density at radius 2 is 1.68 bits per heavy atom. The summed E-state index contributed by atoms with van der Waals surface area (Å²) in [5.41, 5.74) is 2.50. The van der Waals surface area contributed by atoms with E-state index in [2.05, 4.69) is 69.8 Å². The molecule has 1 N–H and O–H groups in total. The van der Waals surface area contributed by atoms with E-state index in [1.165, 1.54) is 21.9 Å². The summed E-state index contributed by atoms with van der Waals surface area (Å²) in [6.07, 6.45) is 1.92. The summed E-state index contributed by atoms with van der Waals surface area (Å²) < 4.78 is 0. The van der Waals surface area contributed by atoms with Gasteiger partial charge in [0.15, 0.2) is 0 Å².